The van der Waals surface area contributed by atoms with Gasteiger partial charge in [-0.2, -0.15) is 0 Å². The van der Waals surface area contributed by atoms with Crippen molar-refractivity contribution in [1.29, 1.82) is 0 Å². The molecule has 1 aliphatic heterocycles. The van der Waals surface area contributed by atoms with Gasteiger partial charge in [0, 0.05) is 16.5 Å². The first kappa shape index (κ1) is 12.5. The standard InChI is InChI=1S/C15H19BrO2/c1-10-4-6-15(7-5-10)9-13(17)12-3-2-11(16)8-14(12)18-15/h2-3,8,10,13,17H,4-7,9H2,1H3/t10?,13-,15?/m1/s1. The fourth-order valence-electron chi connectivity index (χ4n) is 3.20. The number of halogens is 1. The summed E-state index contributed by atoms with van der Waals surface area (Å²) < 4.78 is 7.28. The van der Waals surface area contributed by atoms with Crippen LogP contribution in [0.4, 0.5) is 0 Å². The molecule has 98 valence electrons. The Kier molecular flexibility index (Phi) is 3.15. The number of aliphatic hydroxyl groups excluding tert-OH is 1. The fourth-order valence-corrected chi connectivity index (χ4v) is 3.54. The summed E-state index contributed by atoms with van der Waals surface area (Å²) in [6, 6.07) is 5.91. The van der Waals surface area contributed by atoms with Gasteiger partial charge in [-0.3, -0.25) is 0 Å². The van der Waals surface area contributed by atoms with Crippen LogP contribution >= 0.6 is 15.9 Å². The Morgan fingerprint density at radius 1 is 1.33 bits per heavy atom. The summed E-state index contributed by atoms with van der Waals surface area (Å²) in [7, 11) is 0. The zero-order chi connectivity index (χ0) is 12.8. The second-order valence-electron chi connectivity index (χ2n) is 5.87. The van der Waals surface area contributed by atoms with Crippen LogP contribution in [0, 0.1) is 5.92 Å². The number of fused-ring (bicyclic) bond motifs is 1. The van der Waals surface area contributed by atoms with E-state index in [9.17, 15) is 5.11 Å². The molecule has 0 saturated heterocycles. The lowest BCUT2D eigenvalue weighted by atomic mass is 9.74. The summed E-state index contributed by atoms with van der Waals surface area (Å²) in [6.45, 7) is 2.30. The lowest BCUT2D eigenvalue weighted by molar-refractivity contribution is -0.0454. The molecule has 0 amide bonds. The van der Waals surface area contributed by atoms with E-state index in [1.165, 1.54) is 12.8 Å². The highest BCUT2D eigenvalue weighted by Gasteiger charge is 2.42. The first-order chi connectivity index (χ1) is 8.58. The van der Waals surface area contributed by atoms with E-state index < -0.39 is 0 Å². The van der Waals surface area contributed by atoms with Gasteiger partial charge in [0.2, 0.25) is 0 Å². The van der Waals surface area contributed by atoms with Gasteiger partial charge in [-0.05, 0) is 43.7 Å². The lowest BCUT2D eigenvalue weighted by Crippen LogP contribution is -2.43. The minimum Gasteiger partial charge on any atom is -0.487 e. The quantitative estimate of drug-likeness (QED) is 0.777. The summed E-state index contributed by atoms with van der Waals surface area (Å²) in [6.07, 6.45) is 4.91. The Bertz CT molecular complexity index is 450. The molecule has 3 heteroatoms. The van der Waals surface area contributed by atoms with Gasteiger partial charge in [-0.1, -0.05) is 28.9 Å². The summed E-state index contributed by atoms with van der Waals surface area (Å²) >= 11 is 3.47. The van der Waals surface area contributed by atoms with Crippen molar-refractivity contribution in [1.82, 2.24) is 0 Å². The molecule has 1 aromatic rings. The maximum Gasteiger partial charge on any atom is 0.127 e. The third kappa shape index (κ3) is 2.19. The van der Waals surface area contributed by atoms with E-state index in [1.54, 1.807) is 0 Å². The van der Waals surface area contributed by atoms with Gasteiger partial charge in [0.15, 0.2) is 0 Å². The van der Waals surface area contributed by atoms with E-state index in [0.29, 0.717) is 0 Å². The van der Waals surface area contributed by atoms with Crippen molar-refractivity contribution in [2.75, 3.05) is 0 Å². The first-order valence-corrected chi connectivity index (χ1v) is 7.54. The molecule has 1 aromatic carbocycles. The maximum absolute atomic E-state index is 10.3. The second kappa shape index (κ2) is 4.53. The van der Waals surface area contributed by atoms with Crippen molar-refractivity contribution in [2.45, 2.75) is 50.7 Å². The van der Waals surface area contributed by atoms with Crippen molar-refractivity contribution in [3.63, 3.8) is 0 Å². The SMILES string of the molecule is CC1CCC2(CC1)C[C@@H](O)c1ccc(Br)cc1O2. The van der Waals surface area contributed by atoms with Crippen LogP contribution in [0.2, 0.25) is 0 Å². The molecule has 1 N–H and O–H groups in total. The Balaban J connectivity index is 1.90. The van der Waals surface area contributed by atoms with Gasteiger partial charge in [-0.25, -0.2) is 0 Å². The van der Waals surface area contributed by atoms with Crippen molar-refractivity contribution >= 4 is 15.9 Å². The highest BCUT2D eigenvalue weighted by Crippen LogP contribution is 2.47. The van der Waals surface area contributed by atoms with Crippen LogP contribution in [0.1, 0.15) is 50.7 Å². The summed E-state index contributed by atoms with van der Waals surface area (Å²) in [5, 5.41) is 10.3. The zero-order valence-corrected chi connectivity index (χ0v) is 12.2. The van der Waals surface area contributed by atoms with E-state index in [4.69, 9.17) is 4.74 Å². The third-order valence-corrected chi connectivity index (χ3v) is 4.91. The molecule has 1 saturated carbocycles. The number of rotatable bonds is 0. The van der Waals surface area contributed by atoms with Crippen molar-refractivity contribution in [3.05, 3.63) is 28.2 Å². The molecule has 1 aliphatic carbocycles. The van der Waals surface area contributed by atoms with Gasteiger partial charge in [0.1, 0.15) is 11.4 Å². The van der Waals surface area contributed by atoms with Gasteiger partial charge in [0.25, 0.3) is 0 Å². The summed E-state index contributed by atoms with van der Waals surface area (Å²) in [5.41, 5.74) is 0.808. The van der Waals surface area contributed by atoms with Crippen molar-refractivity contribution < 1.29 is 9.84 Å². The number of aliphatic hydroxyl groups is 1. The molecule has 0 bridgehead atoms. The number of benzene rings is 1. The smallest absolute Gasteiger partial charge is 0.127 e. The molecule has 3 rings (SSSR count). The Hall–Kier alpha value is -0.540. The minimum atomic E-state index is -0.379. The molecule has 1 heterocycles. The number of ether oxygens (including phenoxy) is 1. The molecule has 0 aromatic heterocycles. The molecule has 1 atom stereocenters. The normalized spacial score (nSPS) is 35.1. The predicted octanol–water partition coefficient (Wildman–Crippen LogP) is 4.21. The second-order valence-corrected chi connectivity index (χ2v) is 6.79. The average molecular weight is 311 g/mol. The summed E-state index contributed by atoms with van der Waals surface area (Å²) in [5.74, 6) is 1.65. The maximum atomic E-state index is 10.3. The van der Waals surface area contributed by atoms with Crippen molar-refractivity contribution in [3.8, 4) is 5.75 Å². The Labute approximate surface area is 116 Å². The molecular weight excluding hydrogens is 292 g/mol. The molecule has 0 radical (unpaired) electrons. The van der Waals surface area contributed by atoms with Crippen LogP contribution < -0.4 is 4.74 Å². The molecule has 18 heavy (non-hydrogen) atoms. The molecule has 1 fully saturated rings. The van der Waals surface area contributed by atoms with Crippen LogP contribution in [-0.2, 0) is 0 Å². The summed E-state index contributed by atoms with van der Waals surface area (Å²) in [4.78, 5) is 0. The van der Waals surface area contributed by atoms with E-state index in [1.807, 2.05) is 18.2 Å². The minimum absolute atomic E-state index is 0.125. The van der Waals surface area contributed by atoms with Gasteiger partial charge in [-0.15, -0.1) is 0 Å². The highest BCUT2D eigenvalue weighted by atomic mass is 79.9. The van der Waals surface area contributed by atoms with Crippen LogP contribution in [0.25, 0.3) is 0 Å². The molecule has 0 unspecified atom stereocenters. The van der Waals surface area contributed by atoms with Crippen LogP contribution in [0.3, 0.4) is 0 Å². The number of hydrogen-bond donors (Lipinski definition) is 1. The predicted molar refractivity (Wildman–Crippen MR) is 74.7 cm³/mol. The lowest BCUT2D eigenvalue weighted by Gasteiger charge is -2.44. The highest BCUT2D eigenvalue weighted by molar-refractivity contribution is 9.10. The first-order valence-electron chi connectivity index (χ1n) is 6.74. The number of hydrogen-bond acceptors (Lipinski definition) is 2. The Morgan fingerprint density at radius 3 is 2.78 bits per heavy atom. The topological polar surface area (TPSA) is 29.5 Å². The van der Waals surface area contributed by atoms with E-state index in [2.05, 4.69) is 22.9 Å². The van der Waals surface area contributed by atoms with Crippen LogP contribution in [0.15, 0.2) is 22.7 Å². The molecule has 2 aliphatic rings. The average Bonchev–Trinajstić information content (AvgIpc) is 2.33. The Morgan fingerprint density at radius 2 is 2.06 bits per heavy atom. The largest absolute Gasteiger partial charge is 0.487 e. The van der Waals surface area contributed by atoms with Crippen molar-refractivity contribution in [2.24, 2.45) is 5.92 Å². The fraction of sp³-hybridized carbons (Fsp3) is 0.600. The van der Waals surface area contributed by atoms with Crippen LogP contribution in [0.5, 0.6) is 5.75 Å². The van der Waals surface area contributed by atoms with Gasteiger partial charge >= 0.3 is 0 Å². The third-order valence-electron chi connectivity index (χ3n) is 4.41. The van der Waals surface area contributed by atoms with E-state index >= 15 is 0 Å². The molecular formula is C15H19BrO2. The van der Waals surface area contributed by atoms with E-state index in [-0.39, 0.29) is 11.7 Å². The zero-order valence-electron chi connectivity index (χ0n) is 10.7. The molecule has 2 nitrogen and oxygen atoms in total. The van der Waals surface area contributed by atoms with Gasteiger partial charge < -0.3 is 9.84 Å². The van der Waals surface area contributed by atoms with Gasteiger partial charge in [0.05, 0.1) is 6.10 Å². The van der Waals surface area contributed by atoms with Crippen LogP contribution in [-0.4, -0.2) is 10.7 Å². The monoisotopic (exact) mass is 310 g/mol. The van der Waals surface area contributed by atoms with E-state index in [0.717, 1.165) is 41.0 Å². The molecule has 1 spiro atoms.